The van der Waals surface area contributed by atoms with Gasteiger partial charge in [0.25, 0.3) is 0 Å². The molecular formula is C50H67N10Na2O14P. The average Bonchev–Trinajstić information content (AvgIpc) is 4.14. The van der Waals surface area contributed by atoms with Crippen molar-refractivity contribution >= 4 is 77.5 Å². The Kier molecular flexibility index (Phi) is 26.3. The van der Waals surface area contributed by atoms with Gasteiger partial charge in [-0.05, 0) is 98.4 Å². The van der Waals surface area contributed by atoms with Crippen LogP contribution >= 0.6 is 7.94 Å². The molecule has 1 aromatic heterocycles. The van der Waals surface area contributed by atoms with Gasteiger partial charge in [0.05, 0.1) is 18.7 Å². The van der Waals surface area contributed by atoms with E-state index in [9.17, 15) is 68.4 Å². The van der Waals surface area contributed by atoms with Crippen LogP contribution in [0.1, 0.15) is 94.6 Å². The van der Waals surface area contributed by atoms with Crippen LogP contribution in [0.15, 0.2) is 64.7 Å². The first-order chi connectivity index (χ1) is 35.4. The van der Waals surface area contributed by atoms with E-state index in [2.05, 4.69) is 36.2 Å². The Morgan fingerprint density at radius 3 is 1.94 bits per heavy atom. The van der Waals surface area contributed by atoms with Gasteiger partial charge >= 0.3 is 72.6 Å². The van der Waals surface area contributed by atoms with Crippen LogP contribution in [0.4, 0.5) is 0 Å². The topological polar surface area (TPSA) is 388 Å². The molecule has 2 fully saturated rings. The van der Waals surface area contributed by atoms with Gasteiger partial charge in [0.2, 0.25) is 41.4 Å². The first-order valence-electron chi connectivity index (χ1n) is 24.8. The molecule has 0 unspecified atom stereocenters. The van der Waals surface area contributed by atoms with Crippen LogP contribution in [0.3, 0.4) is 0 Å². The van der Waals surface area contributed by atoms with Crippen molar-refractivity contribution in [3.63, 3.8) is 0 Å². The van der Waals surface area contributed by atoms with E-state index in [1.54, 1.807) is 20.0 Å². The second-order valence-electron chi connectivity index (χ2n) is 19.7. The zero-order valence-electron chi connectivity index (χ0n) is 44.5. The van der Waals surface area contributed by atoms with E-state index in [0.29, 0.717) is 19.3 Å². The number of fused-ring (bicyclic) bond motifs is 1. The van der Waals surface area contributed by atoms with E-state index in [1.165, 1.54) is 21.9 Å². The minimum absolute atomic E-state index is 0. The van der Waals surface area contributed by atoms with Crippen LogP contribution in [0, 0.1) is 11.8 Å². The number of aliphatic imine (C=N–C) groups is 2. The van der Waals surface area contributed by atoms with E-state index >= 15 is 0 Å². The number of aromatic amines is 1. The SMILES string of the molecule is CC([O-])=NCC([O-])=N[C@@H](Cc1ccc(C(=O)[P+]([O-])(O)O)cc1)C(=O)N[C@@H](CC(C)C)C(=O)N[C@@H](CO)C(=O)N[C@@H](CC(C)C)C(=O)N1CCC[C@H]1C(=O)N1CCC[C@H]1C(=O)N[C@@H](Cc1c[nH]c2ccccc12)C(N)=O.[Na+].[Na+]. The number of nitrogens with one attached hydrogen (secondary N) is 5. The normalized spacial score (nSPS) is 17.9. The van der Waals surface area contributed by atoms with Gasteiger partial charge in [-0.3, -0.25) is 38.6 Å². The van der Waals surface area contributed by atoms with Crippen LogP contribution in [0.2, 0.25) is 0 Å². The Hall–Kier alpha value is -4.85. The number of hydrogen-bond donors (Lipinski definition) is 9. The standard InChI is InChI=1S/C50H69N10O14P.2Na/c1-27(2)20-36(56-45(66)37(54-42(63)25-52-29(5)62)22-30-14-16-31(17-15-30)50(71)75(72,73)74)44(65)58-39(26-61)46(67)57-38(21-28(3)4)48(69)60-19-9-13-41(60)49(70)59-18-8-12-40(59)47(68)55-35(43(51)64)23-32-24-53-34-11-7-6-10-33(32)34;;/h6-7,10-11,14-17,24,27-28,35-41,53,61H,8-9,12-13,18-23,25-26H2,1-5H3,(H2,51,64)(H,52,62)(H,54,63)(H,55,68)(H,56,66)(H,57,67)(H,58,65)(H2,72,73,74);;/q;2*+1/p-2/t35-,36-,37-,38-,39-,40-,41-;;/m0../s1. The number of likely N-dealkylation sites (tertiary alicyclic amines) is 2. The molecule has 24 nitrogen and oxygen atoms in total. The third-order valence-corrected chi connectivity index (χ3v) is 13.6. The maximum atomic E-state index is 14.5. The monoisotopic (exact) mass is 1110 g/mol. The number of aliphatic hydroxyl groups excluding tert-OH is 1. The molecule has 7 atom stereocenters. The summed E-state index contributed by atoms with van der Waals surface area (Å²) in [5, 5.41) is 45.9. The molecule has 0 spiro atoms. The molecule has 2 aliphatic heterocycles. The van der Waals surface area contributed by atoms with Gasteiger partial charge in [-0.15, -0.1) is 0 Å². The van der Waals surface area contributed by atoms with Crippen molar-refractivity contribution in [1.82, 2.24) is 36.1 Å². The van der Waals surface area contributed by atoms with Crippen molar-refractivity contribution < 1.29 is 127 Å². The Balaban J connectivity index is 0.00000780. The number of H-pyrrole nitrogens is 1. The Morgan fingerprint density at radius 2 is 1.34 bits per heavy atom. The molecule has 0 aliphatic carbocycles. The predicted octanol–water partition coefficient (Wildman–Crippen LogP) is -8.39. The van der Waals surface area contributed by atoms with Crippen LogP contribution in [-0.2, 0) is 46.4 Å². The smallest absolute Gasteiger partial charge is 0.862 e. The molecule has 5 rings (SSSR count). The van der Waals surface area contributed by atoms with Gasteiger partial charge in [-0.1, -0.05) is 58.0 Å². The van der Waals surface area contributed by atoms with Gasteiger partial charge in [0, 0.05) is 43.0 Å². The number of carbonyl (C=O) groups is 8. The molecule has 2 aromatic carbocycles. The number of rotatable bonds is 25. The third-order valence-electron chi connectivity index (χ3n) is 12.8. The molecule has 7 amide bonds. The summed E-state index contributed by atoms with van der Waals surface area (Å²) in [7, 11) is -5.11. The summed E-state index contributed by atoms with van der Waals surface area (Å²) in [4.78, 5) is 153. The first kappa shape index (κ1) is 66.4. The van der Waals surface area contributed by atoms with Gasteiger partial charge < -0.3 is 67.0 Å². The summed E-state index contributed by atoms with van der Waals surface area (Å²) in [5.74, 6) is -7.32. The molecule has 2 saturated heterocycles. The molecule has 27 heteroatoms. The van der Waals surface area contributed by atoms with Crippen molar-refractivity contribution in [2.45, 2.75) is 128 Å². The summed E-state index contributed by atoms with van der Waals surface area (Å²) in [6.07, 6.45) is 3.08. The molecule has 3 aromatic rings. The minimum Gasteiger partial charge on any atom is -0.862 e. The van der Waals surface area contributed by atoms with Crippen LogP contribution in [0.25, 0.3) is 10.9 Å². The maximum Gasteiger partial charge on any atom is 1.00 e. The van der Waals surface area contributed by atoms with E-state index in [1.807, 2.05) is 38.1 Å². The zero-order valence-corrected chi connectivity index (χ0v) is 49.4. The summed E-state index contributed by atoms with van der Waals surface area (Å²) >= 11 is 0. The number of aromatic nitrogens is 1. The van der Waals surface area contributed by atoms with Gasteiger partial charge in [-0.2, -0.15) is 0 Å². The van der Waals surface area contributed by atoms with Crippen LogP contribution in [-0.4, -0.2) is 157 Å². The maximum absolute atomic E-state index is 14.5. The fourth-order valence-electron chi connectivity index (χ4n) is 9.16. The number of nitrogens with two attached hydrogens (primary N) is 1. The van der Waals surface area contributed by atoms with Gasteiger partial charge in [0.15, 0.2) is 0 Å². The molecule has 10 N–H and O–H groups in total. The molecule has 0 radical (unpaired) electrons. The summed E-state index contributed by atoms with van der Waals surface area (Å²) in [5.41, 5.74) is 5.89. The summed E-state index contributed by atoms with van der Waals surface area (Å²) in [6.45, 7) is 6.93. The fraction of sp³-hybridized carbons (Fsp3) is 0.520. The molecule has 408 valence electrons. The third kappa shape index (κ3) is 18.9. The van der Waals surface area contributed by atoms with Gasteiger partial charge in [0.1, 0.15) is 42.3 Å². The second-order valence-corrected chi connectivity index (χ2v) is 21.2. The summed E-state index contributed by atoms with van der Waals surface area (Å²) < 4.78 is 0. The quantitative estimate of drug-likeness (QED) is 0.0165. The minimum atomic E-state index is -5.11. The Bertz CT molecular complexity index is 2630. The number of hydrogen-bond acceptors (Lipinski definition) is 16. The molecule has 2 aliphatic rings. The number of aliphatic hydroxyl groups is 1. The number of amides is 7. The van der Waals surface area contributed by atoms with Crippen molar-refractivity contribution in [2.75, 3.05) is 26.2 Å². The average molecular weight is 1110 g/mol. The van der Waals surface area contributed by atoms with E-state index in [0.717, 1.165) is 35.5 Å². The largest absolute Gasteiger partial charge is 1.00 e. The van der Waals surface area contributed by atoms with Crippen LogP contribution in [0.5, 0.6) is 0 Å². The zero-order chi connectivity index (χ0) is 55.3. The summed E-state index contributed by atoms with van der Waals surface area (Å²) in [6, 6.07) is 3.40. The molecule has 77 heavy (non-hydrogen) atoms. The van der Waals surface area contributed by atoms with E-state index in [-0.39, 0.29) is 127 Å². The predicted molar refractivity (Wildman–Crippen MR) is 269 cm³/mol. The second kappa shape index (κ2) is 30.5. The van der Waals surface area contributed by atoms with Crippen LogP contribution < -0.4 is 101 Å². The Morgan fingerprint density at radius 1 is 0.766 bits per heavy atom. The van der Waals surface area contributed by atoms with Gasteiger partial charge in [-0.25, -0.2) is 14.6 Å². The Labute approximate surface area is 491 Å². The van der Waals surface area contributed by atoms with E-state index in [4.69, 9.17) is 5.73 Å². The number of nitrogens with zero attached hydrogens (tertiary/aromatic N) is 4. The van der Waals surface area contributed by atoms with E-state index < -0.39 is 122 Å². The molecular weight excluding hydrogens is 1040 g/mol. The van der Waals surface area contributed by atoms with Crippen molar-refractivity contribution in [3.8, 4) is 0 Å². The number of benzene rings is 2. The number of carbonyl (C=O) groups excluding carboxylic acids is 8. The molecule has 3 heterocycles. The van der Waals surface area contributed by atoms with Crippen molar-refractivity contribution in [3.05, 3.63) is 71.4 Å². The van der Waals surface area contributed by atoms with Crippen molar-refractivity contribution in [1.29, 1.82) is 0 Å². The van der Waals surface area contributed by atoms with Crippen molar-refractivity contribution in [2.24, 2.45) is 27.6 Å². The fourth-order valence-corrected chi connectivity index (χ4v) is 9.65. The molecule has 0 bridgehead atoms. The number of para-hydroxylation sites is 1. The molecule has 0 saturated carbocycles. The first-order valence-corrected chi connectivity index (χ1v) is 26.4. The number of primary amides is 1.